The molecule has 0 bridgehead atoms. The maximum Gasteiger partial charge on any atom is 0.255 e. The van der Waals surface area contributed by atoms with Gasteiger partial charge in [0.05, 0.1) is 25.6 Å². The Morgan fingerprint density at radius 1 is 1.08 bits per heavy atom. The smallest absolute Gasteiger partial charge is 0.255 e. The van der Waals surface area contributed by atoms with Crippen molar-refractivity contribution < 1.29 is 14.3 Å². The zero-order chi connectivity index (χ0) is 16.9. The third kappa shape index (κ3) is 3.22. The lowest BCUT2D eigenvalue weighted by molar-refractivity contribution is 0.102. The minimum absolute atomic E-state index is 0.240. The molecule has 0 radical (unpaired) electrons. The number of ether oxygens (including phenoxy) is 2. The molecule has 2 aromatic carbocycles. The third-order valence-electron chi connectivity index (χ3n) is 3.53. The van der Waals surface area contributed by atoms with Gasteiger partial charge in [-0.2, -0.15) is 5.10 Å². The van der Waals surface area contributed by atoms with Gasteiger partial charge < -0.3 is 14.8 Å². The maximum atomic E-state index is 12.6. The van der Waals surface area contributed by atoms with E-state index in [1.165, 1.54) is 0 Å². The van der Waals surface area contributed by atoms with Crippen LogP contribution in [0.1, 0.15) is 10.4 Å². The molecule has 0 spiro atoms. The number of anilines is 1. The highest BCUT2D eigenvalue weighted by molar-refractivity contribution is 6.05. The van der Waals surface area contributed by atoms with Crippen LogP contribution in [0, 0.1) is 0 Å². The lowest BCUT2D eigenvalue weighted by Gasteiger charge is -2.12. The molecule has 0 atom stereocenters. The maximum absolute atomic E-state index is 12.6. The van der Waals surface area contributed by atoms with Crippen molar-refractivity contribution in [2.45, 2.75) is 0 Å². The molecule has 122 valence electrons. The van der Waals surface area contributed by atoms with Crippen LogP contribution >= 0.6 is 0 Å². The van der Waals surface area contributed by atoms with Crippen LogP contribution in [0.4, 0.5) is 5.69 Å². The topological polar surface area (TPSA) is 65.4 Å². The Kier molecular flexibility index (Phi) is 4.47. The molecule has 0 aliphatic carbocycles. The van der Waals surface area contributed by atoms with Crippen LogP contribution < -0.4 is 14.8 Å². The summed E-state index contributed by atoms with van der Waals surface area (Å²) in [5, 5.41) is 7.02. The van der Waals surface area contributed by atoms with Gasteiger partial charge in [-0.3, -0.25) is 4.79 Å². The first kappa shape index (κ1) is 15.6. The molecular formula is C18H17N3O3. The molecule has 6 nitrogen and oxygen atoms in total. The van der Waals surface area contributed by atoms with Crippen molar-refractivity contribution >= 4 is 11.6 Å². The molecule has 1 aromatic heterocycles. The SMILES string of the molecule is COc1ccc(OC)c(NC(=O)c2cccc(-n3cccn3)c2)c1. The van der Waals surface area contributed by atoms with Gasteiger partial charge in [0.1, 0.15) is 11.5 Å². The predicted octanol–water partition coefficient (Wildman–Crippen LogP) is 3.14. The van der Waals surface area contributed by atoms with Gasteiger partial charge in [0.2, 0.25) is 0 Å². The van der Waals surface area contributed by atoms with Gasteiger partial charge in [-0.1, -0.05) is 6.07 Å². The highest BCUT2D eigenvalue weighted by Crippen LogP contribution is 2.29. The molecule has 3 rings (SSSR count). The largest absolute Gasteiger partial charge is 0.497 e. The first-order valence-corrected chi connectivity index (χ1v) is 7.34. The molecule has 0 aliphatic rings. The van der Waals surface area contributed by atoms with Crippen molar-refractivity contribution in [3.63, 3.8) is 0 Å². The van der Waals surface area contributed by atoms with Crippen molar-refractivity contribution in [1.82, 2.24) is 9.78 Å². The fraction of sp³-hybridized carbons (Fsp3) is 0.111. The average molecular weight is 323 g/mol. The minimum Gasteiger partial charge on any atom is -0.497 e. The van der Waals surface area contributed by atoms with E-state index in [4.69, 9.17) is 9.47 Å². The summed E-state index contributed by atoms with van der Waals surface area (Å²) >= 11 is 0. The molecule has 24 heavy (non-hydrogen) atoms. The summed E-state index contributed by atoms with van der Waals surface area (Å²) in [6, 6.07) is 14.3. The second-order valence-corrected chi connectivity index (χ2v) is 5.02. The van der Waals surface area contributed by atoms with E-state index in [9.17, 15) is 4.79 Å². The molecule has 0 aliphatic heterocycles. The lowest BCUT2D eigenvalue weighted by Crippen LogP contribution is -2.13. The van der Waals surface area contributed by atoms with Crippen molar-refractivity contribution in [1.29, 1.82) is 0 Å². The second-order valence-electron chi connectivity index (χ2n) is 5.02. The Morgan fingerprint density at radius 2 is 1.96 bits per heavy atom. The lowest BCUT2D eigenvalue weighted by atomic mass is 10.1. The molecule has 1 heterocycles. The van der Waals surface area contributed by atoms with Crippen LogP contribution in [0.2, 0.25) is 0 Å². The minimum atomic E-state index is -0.240. The first-order valence-electron chi connectivity index (χ1n) is 7.34. The number of carbonyl (C=O) groups excluding carboxylic acids is 1. The first-order chi connectivity index (χ1) is 11.7. The summed E-state index contributed by atoms with van der Waals surface area (Å²) in [5.74, 6) is 0.958. The van der Waals surface area contributed by atoms with E-state index >= 15 is 0 Å². The van der Waals surface area contributed by atoms with E-state index in [2.05, 4.69) is 10.4 Å². The summed E-state index contributed by atoms with van der Waals surface area (Å²) < 4.78 is 12.2. The Hall–Kier alpha value is -3.28. The van der Waals surface area contributed by atoms with Crippen LogP contribution in [0.25, 0.3) is 5.69 Å². The normalized spacial score (nSPS) is 10.2. The van der Waals surface area contributed by atoms with Gasteiger partial charge in [-0.15, -0.1) is 0 Å². The van der Waals surface area contributed by atoms with E-state index < -0.39 is 0 Å². The van der Waals surface area contributed by atoms with Gasteiger partial charge in [0, 0.05) is 24.0 Å². The van der Waals surface area contributed by atoms with E-state index in [-0.39, 0.29) is 5.91 Å². The fourth-order valence-corrected chi connectivity index (χ4v) is 2.32. The Labute approximate surface area is 139 Å². The molecular weight excluding hydrogens is 306 g/mol. The van der Waals surface area contributed by atoms with Gasteiger partial charge in [-0.25, -0.2) is 4.68 Å². The predicted molar refractivity (Wildman–Crippen MR) is 91.1 cm³/mol. The number of rotatable bonds is 5. The Balaban J connectivity index is 1.87. The fourth-order valence-electron chi connectivity index (χ4n) is 2.32. The molecule has 1 N–H and O–H groups in total. The van der Waals surface area contributed by atoms with E-state index in [1.807, 2.05) is 24.4 Å². The van der Waals surface area contributed by atoms with Gasteiger partial charge >= 0.3 is 0 Å². The number of nitrogens with one attached hydrogen (secondary N) is 1. The highest BCUT2D eigenvalue weighted by Gasteiger charge is 2.12. The zero-order valence-electron chi connectivity index (χ0n) is 13.4. The van der Waals surface area contributed by atoms with Crippen molar-refractivity contribution in [3.8, 4) is 17.2 Å². The summed E-state index contributed by atoms with van der Waals surface area (Å²) in [5.41, 5.74) is 1.88. The van der Waals surface area contributed by atoms with Gasteiger partial charge in [0.25, 0.3) is 5.91 Å². The number of hydrogen-bond donors (Lipinski definition) is 1. The van der Waals surface area contributed by atoms with Crippen LogP contribution in [0.5, 0.6) is 11.5 Å². The van der Waals surface area contributed by atoms with Crippen LogP contribution in [0.15, 0.2) is 60.9 Å². The monoisotopic (exact) mass is 323 g/mol. The van der Waals surface area contributed by atoms with Gasteiger partial charge in [0.15, 0.2) is 0 Å². The van der Waals surface area contributed by atoms with Gasteiger partial charge in [-0.05, 0) is 36.4 Å². The summed E-state index contributed by atoms with van der Waals surface area (Å²) in [4.78, 5) is 12.6. The number of methoxy groups -OCH3 is 2. The molecule has 1 amide bonds. The number of benzene rings is 2. The number of hydrogen-bond acceptors (Lipinski definition) is 4. The molecule has 0 fully saturated rings. The molecule has 0 unspecified atom stereocenters. The number of carbonyl (C=O) groups is 1. The summed E-state index contributed by atoms with van der Waals surface area (Å²) in [6.45, 7) is 0. The van der Waals surface area contributed by atoms with Crippen molar-refractivity contribution in [3.05, 3.63) is 66.5 Å². The number of nitrogens with zero attached hydrogens (tertiary/aromatic N) is 2. The number of amides is 1. The van der Waals surface area contributed by atoms with Crippen LogP contribution in [-0.4, -0.2) is 29.9 Å². The van der Waals surface area contributed by atoms with E-state index in [0.717, 1.165) is 5.69 Å². The average Bonchev–Trinajstić information content (AvgIpc) is 3.16. The Morgan fingerprint density at radius 3 is 2.67 bits per heavy atom. The van der Waals surface area contributed by atoms with Crippen LogP contribution in [-0.2, 0) is 0 Å². The van der Waals surface area contributed by atoms with Crippen molar-refractivity contribution in [2.75, 3.05) is 19.5 Å². The molecule has 6 heteroatoms. The molecule has 0 saturated carbocycles. The van der Waals surface area contributed by atoms with E-state index in [0.29, 0.717) is 22.7 Å². The Bertz CT molecular complexity index is 844. The van der Waals surface area contributed by atoms with E-state index in [1.54, 1.807) is 55.4 Å². The standard InChI is InChI=1S/C18H17N3O3/c1-23-15-7-8-17(24-2)16(12-15)20-18(22)13-5-3-6-14(11-13)21-10-4-9-19-21/h3-12H,1-2H3,(H,20,22). The number of aromatic nitrogens is 2. The highest BCUT2D eigenvalue weighted by atomic mass is 16.5. The van der Waals surface area contributed by atoms with Crippen LogP contribution in [0.3, 0.4) is 0 Å². The molecule has 3 aromatic rings. The van der Waals surface area contributed by atoms with Crippen molar-refractivity contribution in [2.24, 2.45) is 0 Å². The zero-order valence-corrected chi connectivity index (χ0v) is 13.4. The third-order valence-corrected chi connectivity index (χ3v) is 3.53. The molecule has 0 saturated heterocycles. The summed E-state index contributed by atoms with van der Waals surface area (Å²) in [6.07, 6.45) is 3.51. The quantitative estimate of drug-likeness (QED) is 0.783. The second kappa shape index (κ2) is 6.87. The summed E-state index contributed by atoms with van der Waals surface area (Å²) in [7, 11) is 3.12.